The molecule has 0 aliphatic carbocycles. The highest BCUT2D eigenvalue weighted by atomic mass is 79.9. The van der Waals surface area contributed by atoms with Crippen molar-refractivity contribution in [3.8, 4) is 11.5 Å². The summed E-state index contributed by atoms with van der Waals surface area (Å²) in [6, 6.07) is 3.37. The van der Waals surface area contributed by atoms with Gasteiger partial charge < -0.3 is 11.5 Å². The molecule has 2 aromatic rings. The van der Waals surface area contributed by atoms with E-state index < -0.39 is 8.25 Å². The number of hydrogen-bond donors (Lipinski definition) is 2. The number of nitrogens with two attached hydrogens (primary N) is 2. The number of nitrogen functional groups attached to an aromatic ring is 2. The smallest absolute Gasteiger partial charge is 0.397 e. The number of benzene rings is 2. The van der Waals surface area contributed by atoms with Crippen LogP contribution in [0.2, 0.25) is 0 Å². The summed E-state index contributed by atoms with van der Waals surface area (Å²) in [5, 5.41) is 0. The fourth-order valence-corrected chi connectivity index (χ4v) is 7.29. The molecule has 128 valence electrons. The van der Waals surface area contributed by atoms with Gasteiger partial charge in [0.25, 0.3) is 0 Å². The van der Waals surface area contributed by atoms with Crippen molar-refractivity contribution in [1.82, 2.24) is 0 Å². The summed E-state index contributed by atoms with van der Waals surface area (Å²) >= 11 is 19.9. The van der Waals surface area contributed by atoms with Gasteiger partial charge >= 0.3 is 8.25 Å². The number of rotatable bonds is 4. The van der Waals surface area contributed by atoms with E-state index >= 15 is 0 Å². The maximum atomic E-state index is 12.3. The lowest BCUT2D eigenvalue weighted by atomic mass is 10.3. The summed E-state index contributed by atoms with van der Waals surface area (Å²) in [6.45, 7) is 0. The third-order valence-corrected chi connectivity index (χ3v) is 7.39. The minimum Gasteiger partial charge on any atom is -0.397 e. The van der Waals surface area contributed by atoms with Crippen LogP contribution < -0.4 is 20.5 Å². The largest absolute Gasteiger partial charge is 0.805 e. The maximum absolute atomic E-state index is 12.3. The molecule has 0 unspecified atom stereocenters. The Morgan fingerprint density at radius 2 is 1.04 bits per heavy atom. The van der Waals surface area contributed by atoms with E-state index in [0.29, 0.717) is 38.2 Å². The van der Waals surface area contributed by atoms with Crippen LogP contribution in [0.1, 0.15) is 0 Å². The van der Waals surface area contributed by atoms with E-state index in [1.807, 2.05) is 0 Å². The van der Waals surface area contributed by atoms with Crippen molar-refractivity contribution in [2.75, 3.05) is 11.5 Å². The molecule has 0 atom stereocenters. The lowest BCUT2D eigenvalue weighted by Gasteiger charge is -2.08. The molecule has 24 heavy (non-hydrogen) atoms. The standard InChI is InChI=1S/C12H6Br6N2O3P/c13-3-1-5(15)11(7(17)9(3)19)22-24(21)23-12-6(16)2-4(14)10(20)8(12)18/h1-2H,19-20H2/q+1. The minimum atomic E-state index is -2.55. The van der Waals surface area contributed by atoms with Gasteiger partial charge in [0.05, 0.1) is 29.3 Å². The first-order valence-corrected chi connectivity index (χ1v) is 11.7. The Kier molecular flexibility index (Phi) is 7.45. The van der Waals surface area contributed by atoms with E-state index in [-0.39, 0.29) is 11.5 Å². The first-order chi connectivity index (χ1) is 11.1. The Morgan fingerprint density at radius 3 is 1.38 bits per heavy atom. The van der Waals surface area contributed by atoms with Crippen LogP contribution >= 0.6 is 104 Å². The van der Waals surface area contributed by atoms with Gasteiger partial charge in [-0.2, -0.15) is 0 Å². The lowest BCUT2D eigenvalue weighted by molar-refractivity contribution is 0.412. The molecule has 0 aromatic heterocycles. The van der Waals surface area contributed by atoms with E-state index in [0.717, 1.165) is 0 Å². The molecule has 0 saturated carbocycles. The summed E-state index contributed by atoms with van der Waals surface area (Å²) in [6.07, 6.45) is 0. The molecule has 5 nitrogen and oxygen atoms in total. The van der Waals surface area contributed by atoms with Gasteiger partial charge in [-0.15, -0.1) is 0 Å². The average molecular weight is 737 g/mol. The van der Waals surface area contributed by atoms with Crippen molar-refractivity contribution < 1.29 is 13.6 Å². The monoisotopic (exact) mass is 731 g/mol. The summed E-state index contributed by atoms with van der Waals surface area (Å²) in [7, 11) is -2.55. The molecule has 0 aliphatic rings. The van der Waals surface area contributed by atoms with Crippen molar-refractivity contribution >= 4 is 115 Å². The molecule has 0 bridgehead atoms. The van der Waals surface area contributed by atoms with E-state index in [2.05, 4.69) is 95.6 Å². The highest BCUT2D eigenvalue weighted by Crippen LogP contribution is 2.48. The van der Waals surface area contributed by atoms with Gasteiger partial charge in [-0.25, -0.2) is 9.05 Å². The van der Waals surface area contributed by atoms with Crippen LogP contribution in [0, 0.1) is 0 Å². The fourth-order valence-electron chi connectivity index (χ4n) is 1.51. The Hall–Kier alpha value is 0.620. The Bertz CT molecular complexity index is 781. The second-order valence-corrected chi connectivity index (χ2v) is 10.0. The topological polar surface area (TPSA) is 87.6 Å². The predicted molar refractivity (Wildman–Crippen MR) is 117 cm³/mol. The van der Waals surface area contributed by atoms with Gasteiger partial charge in [0.2, 0.25) is 11.5 Å². The van der Waals surface area contributed by atoms with E-state index in [9.17, 15) is 4.57 Å². The molecule has 0 spiro atoms. The SMILES string of the molecule is Nc1c(Br)cc(Br)c(O[P+](=O)Oc2c(Br)cc(Br)c(N)c2Br)c1Br. The van der Waals surface area contributed by atoms with Crippen LogP contribution in [0.15, 0.2) is 39.0 Å². The molecule has 4 N–H and O–H groups in total. The Labute approximate surface area is 188 Å². The normalized spacial score (nSPS) is 10.6. The Morgan fingerprint density at radius 1 is 0.708 bits per heavy atom. The molecular weight excluding hydrogens is 731 g/mol. The molecule has 0 aliphatic heterocycles. The van der Waals surface area contributed by atoms with Gasteiger partial charge in [0, 0.05) is 13.5 Å². The molecule has 0 saturated heterocycles. The van der Waals surface area contributed by atoms with Gasteiger partial charge in [-0.05, 0) is 108 Å². The fraction of sp³-hybridized carbons (Fsp3) is 0. The second-order valence-electron chi connectivity index (χ2n) is 4.20. The summed E-state index contributed by atoms with van der Waals surface area (Å²) in [4.78, 5) is 0. The van der Waals surface area contributed by atoms with Crippen molar-refractivity contribution in [1.29, 1.82) is 0 Å². The number of hydrogen-bond acceptors (Lipinski definition) is 5. The van der Waals surface area contributed by atoms with Gasteiger partial charge in [-0.3, -0.25) is 0 Å². The van der Waals surface area contributed by atoms with Crippen LogP contribution in [-0.2, 0) is 4.57 Å². The van der Waals surface area contributed by atoms with Gasteiger partial charge in [0.15, 0.2) is 0 Å². The lowest BCUT2D eigenvalue weighted by Crippen LogP contribution is -1.97. The third-order valence-electron chi connectivity index (χ3n) is 2.66. The van der Waals surface area contributed by atoms with Crippen LogP contribution in [0.4, 0.5) is 11.4 Å². The minimum absolute atomic E-state index is 0.258. The molecule has 0 amide bonds. The highest BCUT2D eigenvalue weighted by Gasteiger charge is 2.31. The zero-order chi connectivity index (χ0) is 18.2. The molecule has 2 rings (SSSR count). The number of halogens is 6. The van der Waals surface area contributed by atoms with Crippen LogP contribution in [0.25, 0.3) is 0 Å². The summed E-state index contributed by atoms with van der Waals surface area (Å²) in [5.41, 5.74) is 12.6. The van der Waals surface area contributed by atoms with Crippen molar-refractivity contribution in [3.05, 3.63) is 39.0 Å². The second kappa shape index (κ2) is 8.54. The summed E-state index contributed by atoms with van der Waals surface area (Å²) in [5.74, 6) is 0.517. The first kappa shape index (κ1) is 20.9. The highest BCUT2D eigenvalue weighted by molar-refractivity contribution is 9.12. The van der Waals surface area contributed by atoms with Crippen LogP contribution in [0.3, 0.4) is 0 Å². The van der Waals surface area contributed by atoms with Crippen molar-refractivity contribution in [2.45, 2.75) is 0 Å². The maximum Gasteiger partial charge on any atom is 0.805 e. The van der Waals surface area contributed by atoms with Gasteiger partial charge in [-0.1, -0.05) is 0 Å². The van der Waals surface area contributed by atoms with Gasteiger partial charge in [0.1, 0.15) is 0 Å². The van der Waals surface area contributed by atoms with Crippen molar-refractivity contribution in [3.63, 3.8) is 0 Å². The molecule has 2 aromatic carbocycles. The summed E-state index contributed by atoms with van der Waals surface area (Å²) < 4.78 is 26.4. The molecular formula is C12H6Br6N2O3P+. The molecule has 0 fully saturated rings. The van der Waals surface area contributed by atoms with Crippen LogP contribution in [-0.4, -0.2) is 0 Å². The quantitative estimate of drug-likeness (QED) is 0.250. The number of anilines is 2. The third kappa shape index (κ3) is 4.47. The van der Waals surface area contributed by atoms with Crippen molar-refractivity contribution in [2.24, 2.45) is 0 Å². The Balaban J connectivity index is 2.31. The first-order valence-electron chi connectivity index (χ1n) is 5.82. The van der Waals surface area contributed by atoms with E-state index in [4.69, 9.17) is 20.5 Å². The predicted octanol–water partition coefficient (Wildman–Crippen LogP) is 7.54. The van der Waals surface area contributed by atoms with E-state index in [1.165, 1.54) is 0 Å². The molecule has 12 heteroatoms. The molecule has 0 radical (unpaired) electrons. The zero-order valence-electron chi connectivity index (χ0n) is 11.2. The molecule has 0 heterocycles. The zero-order valence-corrected chi connectivity index (χ0v) is 21.7. The average Bonchev–Trinajstić information content (AvgIpc) is 2.51. The van der Waals surface area contributed by atoms with Crippen LogP contribution in [0.5, 0.6) is 11.5 Å². The van der Waals surface area contributed by atoms with E-state index in [1.54, 1.807) is 12.1 Å².